The summed E-state index contributed by atoms with van der Waals surface area (Å²) >= 11 is 1.82. The van der Waals surface area contributed by atoms with Crippen LogP contribution in [0.1, 0.15) is 31.7 Å². The van der Waals surface area contributed by atoms with Crippen molar-refractivity contribution in [3.63, 3.8) is 0 Å². The second kappa shape index (κ2) is 9.05. The predicted molar refractivity (Wildman–Crippen MR) is 86.2 cm³/mol. The molecule has 1 fully saturated rings. The maximum atomic E-state index is 12.1. The lowest BCUT2D eigenvalue weighted by Crippen LogP contribution is -2.43. The zero-order chi connectivity index (χ0) is 14.9. The molecule has 1 aromatic rings. The number of pyridine rings is 1. The molecule has 1 aliphatic heterocycles. The average molecular weight is 308 g/mol. The summed E-state index contributed by atoms with van der Waals surface area (Å²) in [6, 6.07) is 3.93. The van der Waals surface area contributed by atoms with E-state index >= 15 is 0 Å². The number of amides is 1. The highest BCUT2D eigenvalue weighted by atomic mass is 32.2. The fourth-order valence-electron chi connectivity index (χ4n) is 2.46. The molecule has 0 radical (unpaired) electrons. The molecule has 1 saturated heterocycles. The largest absolute Gasteiger partial charge is 0.372 e. The number of carbonyl (C=O) groups excluding carboxylic acids is 1. The van der Waals surface area contributed by atoms with Crippen molar-refractivity contribution in [2.24, 2.45) is 0 Å². The van der Waals surface area contributed by atoms with Crippen LogP contribution in [0.15, 0.2) is 24.5 Å². The Balaban J connectivity index is 1.74. The van der Waals surface area contributed by atoms with Gasteiger partial charge in [0.1, 0.15) is 0 Å². The summed E-state index contributed by atoms with van der Waals surface area (Å²) in [4.78, 5) is 18.2. The van der Waals surface area contributed by atoms with Crippen LogP contribution < -0.4 is 0 Å². The molecule has 1 aromatic heterocycles. The molecule has 0 bridgehead atoms. The molecule has 1 unspecified atom stereocenters. The van der Waals surface area contributed by atoms with Crippen LogP contribution in [-0.4, -0.2) is 46.5 Å². The number of rotatable bonds is 7. The van der Waals surface area contributed by atoms with Gasteiger partial charge in [-0.05, 0) is 30.2 Å². The van der Waals surface area contributed by atoms with Crippen LogP contribution in [0, 0.1) is 0 Å². The number of ether oxygens (including phenoxy) is 1. The molecular weight excluding hydrogens is 284 g/mol. The zero-order valence-corrected chi connectivity index (χ0v) is 13.5. The third-order valence-electron chi connectivity index (χ3n) is 3.60. The van der Waals surface area contributed by atoms with Gasteiger partial charge >= 0.3 is 0 Å². The standard InChI is InChI=1S/C16H24N2O2S/c1-2-21-10-7-16(19)18-9-4-6-15(12-18)20-13-14-5-3-8-17-11-14/h3,5,8,11,15H,2,4,6-7,9-10,12-13H2,1H3. The molecule has 5 heteroatoms. The number of nitrogens with zero attached hydrogens (tertiary/aromatic N) is 2. The summed E-state index contributed by atoms with van der Waals surface area (Å²) in [6.07, 6.45) is 6.46. The second-order valence-corrected chi connectivity index (χ2v) is 6.62. The first kappa shape index (κ1) is 16.3. The summed E-state index contributed by atoms with van der Waals surface area (Å²) < 4.78 is 5.94. The molecule has 2 heterocycles. The van der Waals surface area contributed by atoms with Crippen LogP contribution in [0.4, 0.5) is 0 Å². The van der Waals surface area contributed by atoms with Crippen molar-refractivity contribution < 1.29 is 9.53 Å². The van der Waals surface area contributed by atoms with Gasteiger partial charge in [0.05, 0.1) is 12.7 Å². The van der Waals surface area contributed by atoms with Crippen molar-refractivity contribution in [2.75, 3.05) is 24.6 Å². The fraction of sp³-hybridized carbons (Fsp3) is 0.625. The molecule has 0 N–H and O–H groups in total. The van der Waals surface area contributed by atoms with Crippen LogP contribution in [0.2, 0.25) is 0 Å². The smallest absolute Gasteiger partial charge is 0.223 e. The van der Waals surface area contributed by atoms with E-state index in [0.717, 1.165) is 43.0 Å². The van der Waals surface area contributed by atoms with Crippen LogP contribution in [0.5, 0.6) is 0 Å². The fourth-order valence-corrected chi connectivity index (χ4v) is 3.07. The number of hydrogen-bond donors (Lipinski definition) is 0. The Morgan fingerprint density at radius 1 is 1.57 bits per heavy atom. The zero-order valence-electron chi connectivity index (χ0n) is 12.7. The molecule has 0 spiro atoms. The van der Waals surface area contributed by atoms with Gasteiger partial charge in [-0.1, -0.05) is 13.0 Å². The van der Waals surface area contributed by atoms with Crippen LogP contribution >= 0.6 is 11.8 Å². The molecule has 116 valence electrons. The minimum Gasteiger partial charge on any atom is -0.372 e. The van der Waals surface area contributed by atoms with Gasteiger partial charge in [-0.3, -0.25) is 9.78 Å². The van der Waals surface area contributed by atoms with Gasteiger partial charge in [0.25, 0.3) is 0 Å². The average Bonchev–Trinajstić information content (AvgIpc) is 2.54. The molecule has 1 aliphatic rings. The number of thioether (sulfide) groups is 1. The minimum absolute atomic E-state index is 0.154. The first-order valence-electron chi connectivity index (χ1n) is 7.65. The molecule has 1 atom stereocenters. The number of carbonyl (C=O) groups is 1. The number of likely N-dealkylation sites (tertiary alicyclic amines) is 1. The highest BCUT2D eigenvalue weighted by molar-refractivity contribution is 7.99. The van der Waals surface area contributed by atoms with Crippen molar-refractivity contribution in [2.45, 2.75) is 38.9 Å². The topological polar surface area (TPSA) is 42.4 Å². The van der Waals surface area contributed by atoms with Crippen molar-refractivity contribution >= 4 is 17.7 Å². The summed E-state index contributed by atoms with van der Waals surface area (Å²) in [7, 11) is 0. The molecule has 0 aromatic carbocycles. The van der Waals surface area contributed by atoms with Crippen molar-refractivity contribution in [1.82, 2.24) is 9.88 Å². The highest BCUT2D eigenvalue weighted by Gasteiger charge is 2.23. The van der Waals surface area contributed by atoms with Gasteiger partial charge in [0, 0.05) is 37.7 Å². The minimum atomic E-state index is 0.154. The Bertz CT molecular complexity index is 428. The Morgan fingerprint density at radius 2 is 2.48 bits per heavy atom. The quantitative estimate of drug-likeness (QED) is 0.726. The summed E-state index contributed by atoms with van der Waals surface area (Å²) in [5, 5.41) is 0. The first-order valence-corrected chi connectivity index (χ1v) is 8.81. The van der Waals surface area contributed by atoms with E-state index < -0.39 is 0 Å². The van der Waals surface area contributed by atoms with E-state index in [0.29, 0.717) is 13.0 Å². The maximum Gasteiger partial charge on any atom is 0.223 e. The lowest BCUT2D eigenvalue weighted by atomic mass is 10.1. The molecule has 21 heavy (non-hydrogen) atoms. The number of hydrogen-bond acceptors (Lipinski definition) is 4. The van der Waals surface area contributed by atoms with Crippen LogP contribution in [-0.2, 0) is 16.1 Å². The Labute approximate surface area is 131 Å². The SMILES string of the molecule is CCSCCC(=O)N1CCCC(OCc2cccnc2)C1. The Kier molecular flexibility index (Phi) is 7.03. The number of aromatic nitrogens is 1. The normalized spacial score (nSPS) is 18.7. The predicted octanol–water partition coefficient (Wildman–Crippen LogP) is 2.73. The van der Waals surface area contributed by atoms with E-state index in [9.17, 15) is 4.79 Å². The monoisotopic (exact) mass is 308 g/mol. The van der Waals surface area contributed by atoms with Gasteiger partial charge in [0.2, 0.25) is 5.91 Å². The Morgan fingerprint density at radius 3 is 3.24 bits per heavy atom. The highest BCUT2D eigenvalue weighted by Crippen LogP contribution is 2.16. The van der Waals surface area contributed by atoms with Crippen LogP contribution in [0.3, 0.4) is 0 Å². The van der Waals surface area contributed by atoms with Crippen LogP contribution in [0.25, 0.3) is 0 Å². The Hall–Kier alpha value is -1.07. The van der Waals surface area contributed by atoms with Gasteiger partial charge in [-0.2, -0.15) is 11.8 Å². The molecule has 1 amide bonds. The van der Waals surface area contributed by atoms with Gasteiger partial charge in [-0.25, -0.2) is 0 Å². The molecule has 2 rings (SSSR count). The third kappa shape index (κ3) is 5.67. The summed E-state index contributed by atoms with van der Waals surface area (Å²) in [6.45, 7) is 4.31. The van der Waals surface area contributed by atoms with Gasteiger partial charge in [0.15, 0.2) is 0 Å². The first-order chi connectivity index (χ1) is 10.3. The second-order valence-electron chi connectivity index (χ2n) is 5.22. The van der Waals surface area contributed by atoms with E-state index in [4.69, 9.17) is 4.74 Å². The lowest BCUT2D eigenvalue weighted by molar-refractivity contribution is -0.135. The summed E-state index contributed by atoms with van der Waals surface area (Å²) in [5.74, 6) is 2.27. The lowest BCUT2D eigenvalue weighted by Gasteiger charge is -2.32. The molecular formula is C16H24N2O2S. The maximum absolute atomic E-state index is 12.1. The summed E-state index contributed by atoms with van der Waals surface area (Å²) in [5.41, 5.74) is 1.08. The van der Waals surface area contributed by atoms with E-state index in [2.05, 4.69) is 11.9 Å². The molecule has 4 nitrogen and oxygen atoms in total. The van der Waals surface area contributed by atoms with Crippen molar-refractivity contribution in [3.8, 4) is 0 Å². The van der Waals surface area contributed by atoms with E-state index in [-0.39, 0.29) is 12.0 Å². The van der Waals surface area contributed by atoms with Crippen molar-refractivity contribution in [1.29, 1.82) is 0 Å². The van der Waals surface area contributed by atoms with Crippen molar-refractivity contribution in [3.05, 3.63) is 30.1 Å². The van der Waals surface area contributed by atoms with E-state index in [1.807, 2.05) is 35.0 Å². The molecule has 0 saturated carbocycles. The van der Waals surface area contributed by atoms with Gasteiger partial charge in [-0.15, -0.1) is 0 Å². The number of piperidine rings is 1. The molecule has 0 aliphatic carbocycles. The van der Waals surface area contributed by atoms with E-state index in [1.54, 1.807) is 6.20 Å². The third-order valence-corrected chi connectivity index (χ3v) is 4.50. The van der Waals surface area contributed by atoms with Gasteiger partial charge < -0.3 is 9.64 Å². The van der Waals surface area contributed by atoms with E-state index in [1.165, 1.54) is 0 Å².